The summed E-state index contributed by atoms with van der Waals surface area (Å²) in [4.78, 5) is 30.8. The summed E-state index contributed by atoms with van der Waals surface area (Å²) >= 11 is 6.00. The Labute approximate surface area is 185 Å². The Kier molecular flexibility index (Phi) is 4.85. The molecule has 0 unspecified atom stereocenters. The first-order chi connectivity index (χ1) is 15.3. The van der Waals surface area contributed by atoms with Gasteiger partial charge in [-0.25, -0.2) is 13.2 Å². The van der Waals surface area contributed by atoms with E-state index in [2.05, 4.69) is 10.3 Å². The van der Waals surface area contributed by atoms with Gasteiger partial charge in [0.25, 0.3) is 5.91 Å². The van der Waals surface area contributed by atoms with Gasteiger partial charge in [0, 0.05) is 23.9 Å². The van der Waals surface area contributed by atoms with Crippen LogP contribution in [-0.4, -0.2) is 24.1 Å². The van der Waals surface area contributed by atoms with E-state index < -0.39 is 23.4 Å². The lowest BCUT2D eigenvalue weighted by atomic mass is 10.0. The third kappa shape index (κ3) is 3.20. The SMILES string of the molecule is O=C1c2cc(F)c(Cl)cc2N2CN1c1ccc(=O)[nH]c1NCCCc1c2ccc(F)c1F. The van der Waals surface area contributed by atoms with Crippen LogP contribution in [0.4, 0.5) is 36.1 Å². The summed E-state index contributed by atoms with van der Waals surface area (Å²) in [6.45, 7) is 0.240. The van der Waals surface area contributed by atoms with Gasteiger partial charge in [-0.05, 0) is 43.2 Å². The zero-order valence-electron chi connectivity index (χ0n) is 16.5. The van der Waals surface area contributed by atoms with Crippen LogP contribution in [-0.2, 0) is 6.42 Å². The van der Waals surface area contributed by atoms with E-state index in [0.717, 1.165) is 12.1 Å². The molecule has 2 aromatic carbocycles. The normalized spacial score (nSPS) is 15.3. The zero-order valence-corrected chi connectivity index (χ0v) is 17.3. The number of hydrogen-bond acceptors (Lipinski definition) is 4. The average Bonchev–Trinajstić information content (AvgIpc) is 2.79. The van der Waals surface area contributed by atoms with Gasteiger partial charge in [0.15, 0.2) is 11.6 Å². The fourth-order valence-electron chi connectivity index (χ4n) is 4.13. The Morgan fingerprint density at radius 2 is 1.69 bits per heavy atom. The first kappa shape index (κ1) is 20.4. The topological polar surface area (TPSA) is 68.4 Å². The van der Waals surface area contributed by atoms with Crippen LogP contribution >= 0.6 is 11.6 Å². The summed E-state index contributed by atoms with van der Waals surface area (Å²) in [6.07, 6.45) is 0.607. The molecule has 1 aromatic heterocycles. The van der Waals surface area contributed by atoms with Gasteiger partial charge in [0.1, 0.15) is 18.3 Å². The third-order valence-corrected chi connectivity index (χ3v) is 5.93. The van der Waals surface area contributed by atoms with Crippen molar-refractivity contribution in [1.29, 1.82) is 0 Å². The highest BCUT2D eigenvalue weighted by Gasteiger charge is 2.35. The lowest BCUT2D eigenvalue weighted by molar-refractivity contribution is 0.0983. The molecule has 5 rings (SSSR count). The molecule has 2 aliphatic heterocycles. The number of benzene rings is 2. The standard InChI is InChI=1S/C22H16ClF3N4O2/c23-13-9-18-12(8-15(13)25)22(32)30-10-29(18)16-4-3-14(24)20(26)11(16)2-1-7-27-21-17(30)5-6-19(31)28-21/h3-6,8-9H,1-2,7,10H2,(H2,27,28,31). The van der Waals surface area contributed by atoms with Crippen molar-refractivity contribution in [2.24, 2.45) is 0 Å². The molecule has 2 aliphatic rings. The van der Waals surface area contributed by atoms with Gasteiger partial charge < -0.3 is 15.2 Å². The molecule has 0 atom stereocenters. The second-order valence-corrected chi connectivity index (χ2v) is 7.97. The van der Waals surface area contributed by atoms with Crippen LogP contribution in [0.25, 0.3) is 0 Å². The number of pyridine rings is 1. The molecule has 0 spiro atoms. The number of aromatic amines is 1. The molecule has 0 aliphatic carbocycles. The largest absolute Gasteiger partial charge is 0.370 e. The van der Waals surface area contributed by atoms with E-state index in [0.29, 0.717) is 30.2 Å². The summed E-state index contributed by atoms with van der Waals surface area (Å²) in [5, 5.41) is 2.86. The number of anilines is 4. The van der Waals surface area contributed by atoms with Gasteiger partial charge in [-0.3, -0.25) is 14.5 Å². The van der Waals surface area contributed by atoms with Gasteiger partial charge in [0.05, 0.1) is 22.0 Å². The highest BCUT2D eigenvalue weighted by molar-refractivity contribution is 6.31. The van der Waals surface area contributed by atoms with E-state index in [1.807, 2.05) is 0 Å². The monoisotopic (exact) mass is 460 g/mol. The second-order valence-electron chi connectivity index (χ2n) is 7.56. The summed E-state index contributed by atoms with van der Waals surface area (Å²) < 4.78 is 43.2. The predicted octanol–water partition coefficient (Wildman–Crippen LogP) is 4.56. The highest BCUT2D eigenvalue weighted by Crippen LogP contribution is 2.41. The number of hydrogen-bond donors (Lipinski definition) is 2. The molecule has 3 aromatic rings. The van der Waals surface area contributed by atoms with Crippen LogP contribution < -0.4 is 20.7 Å². The van der Waals surface area contributed by atoms with E-state index in [1.54, 1.807) is 4.90 Å². The minimum atomic E-state index is -0.985. The third-order valence-electron chi connectivity index (χ3n) is 5.64. The number of H-pyrrole nitrogens is 1. The maximum absolute atomic E-state index is 14.8. The number of nitrogens with zero attached hydrogens (tertiary/aromatic N) is 2. The van der Waals surface area contributed by atoms with Gasteiger partial charge in [0.2, 0.25) is 5.56 Å². The Morgan fingerprint density at radius 1 is 0.906 bits per heavy atom. The van der Waals surface area contributed by atoms with Crippen LogP contribution in [0.3, 0.4) is 0 Å². The molecule has 0 radical (unpaired) electrons. The van der Waals surface area contributed by atoms with Gasteiger partial charge in [-0.1, -0.05) is 11.6 Å². The molecule has 3 heterocycles. The zero-order chi connectivity index (χ0) is 22.6. The van der Waals surface area contributed by atoms with E-state index in [1.165, 1.54) is 29.2 Å². The number of amides is 1. The van der Waals surface area contributed by atoms with Crippen LogP contribution in [0.15, 0.2) is 41.2 Å². The van der Waals surface area contributed by atoms with Crippen LogP contribution in [0.5, 0.6) is 0 Å². The van der Waals surface area contributed by atoms with Crippen LogP contribution in [0.1, 0.15) is 22.3 Å². The molecule has 0 fully saturated rings. The predicted molar refractivity (Wildman–Crippen MR) is 115 cm³/mol. The Bertz CT molecular complexity index is 1330. The quantitative estimate of drug-likeness (QED) is 0.516. The highest BCUT2D eigenvalue weighted by atomic mass is 35.5. The van der Waals surface area contributed by atoms with Crippen molar-refractivity contribution in [2.45, 2.75) is 12.8 Å². The molecule has 10 heteroatoms. The lowest BCUT2D eigenvalue weighted by Gasteiger charge is -2.39. The molecule has 0 saturated carbocycles. The summed E-state index contributed by atoms with van der Waals surface area (Å²) in [6, 6.07) is 7.54. The minimum absolute atomic E-state index is 0.00484. The fraction of sp³-hybridized carbons (Fsp3) is 0.182. The maximum Gasteiger partial charge on any atom is 0.262 e. The first-order valence-electron chi connectivity index (χ1n) is 9.87. The van der Waals surface area contributed by atoms with Crippen molar-refractivity contribution < 1.29 is 18.0 Å². The van der Waals surface area contributed by atoms with E-state index >= 15 is 0 Å². The van der Waals surface area contributed by atoms with Crippen LogP contribution in [0, 0.1) is 17.5 Å². The van der Waals surface area contributed by atoms with Gasteiger partial charge >= 0.3 is 0 Å². The number of nitrogens with one attached hydrogen (secondary N) is 2. The summed E-state index contributed by atoms with van der Waals surface area (Å²) in [7, 11) is 0. The number of carbonyl (C=O) groups excluding carboxylic acids is 1. The molecular weight excluding hydrogens is 445 g/mol. The van der Waals surface area contributed by atoms with Gasteiger partial charge in [-0.2, -0.15) is 0 Å². The van der Waals surface area contributed by atoms with Crippen molar-refractivity contribution in [2.75, 3.05) is 28.3 Å². The van der Waals surface area contributed by atoms with Crippen LogP contribution in [0.2, 0.25) is 5.02 Å². The van der Waals surface area contributed by atoms with E-state index in [9.17, 15) is 22.8 Å². The molecule has 32 heavy (non-hydrogen) atoms. The summed E-state index contributed by atoms with van der Waals surface area (Å²) in [5.74, 6) is -2.96. The molecular formula is C22H16ClF3N4O2. The number of halogens is 4. The molecule has 2 N–H and O–H groups in total. The van der Waals surface area contributed by atoms with Crippen molar-refractivity contribution in [3.05, 3.63) is 80.4 Å². The maximum atomic E-state index is 14.8. The van der Waals surface area contributed by atoms with Gasteiger partial charge in [-0.15, -0.1) is 0 Å². The number of carbonyl (C=O) groups is 1. The molecule has 6 nitrogen and oxygen atoms in total. The fourth-order valence-corrected chi connectivity index (χ4v) is 4.29. The molecule has 164 valence electrons. The number of fused-ring (bicyclic) bond motifs is 8. The van der Waals surface area contributed by atoms with Crippen molar-refractivity contribution in [3.8, 4) is 0 Å². The summed E-state index contributed by atoms with van der Waals surface area (Å²) in [5.41, 5.74) is 0.757. The van der Waals surface area contributed by atoms with Crippen molar-refractivity contribution >= 4 is 40.4 Å². The number of aromatic nitrogens is 1. The smallest absolute Gasteiger partial charge is 0.262 e. The molecule has 0 saturated heterocycles. The second kappa shape index (κ2) is 7.59. The van der Waals surface area contributed by atoms with Crippen molar-refractivity contribution in [3.63, 3.8) is 0 Å². The first-order valence-corrected chi connectivity index (χ1v) is 10.3. The molecule has 1 amide bonds. The lowest BCUT2D eigenvalue weighted by Crippen LogP contribution is -2.45. The van der Waals surface area contributed by atoms with Crippen molar-refractivity contribution in [1.82, 2.24) is 4.98 Å². The Morgan fingerprint density at radius 3 is 2.50 bits per heavy atom. The Balaban J connectivity index is 1.80. The minimum Gasteiger partial charge on any atom is -0.370 e. The molecule has 2 bridgehead atoms. The Hall–Kier alpha value is -3.46. The van der Waals surface area contributed by atoms with E-state index in [4.69, 9.17) is 11.6 Å². The average molecular weight is 461 g/mol. The number of rotatable bonds is 0. The van der Waals surface area contributed by atoms with E-state index in [-0.39, 0.29) is 40.5 Å².